The molecule has 5 heteroatoms. The molecular formula is C10H16N4O. The zero-order valence-corrected chi connectivity index (χ0v) is 8.92. The number of H-pyrrole nitrogens is 1. The van der Waals surface area contributed by atoms with E-state index in [1.807, 2.05) is 11.8 Å². The molecule has 1 fully saturated rings. The Morgan fingerprint density at radius 2 is 2.20 bits per heavy atom. The van der Waals surface area contributed by atoms with Gasteiger partial charge in [-0.2, -0.15) is 5.10 Å². The van der Waals surface area contributed by atoms with Crippen molar-refractivity contribution >= 4 is 11.7 Å². The second kappa shape index (κ2) is 3.92. The second-order valence-corrected chi connectivity index (χ2v) is 3.98. The van der Waals surface area contributed by atoms with E-state index in [9.17, 15) is 4.79 Å². The van der Waals surface area contributed by atoms with E-state index in [0.717, 1.165) is 37.2 Å². The van der Waals surface area contributed by atoms with E-state index < -0.39 is 0 Å². The van der Waals surface area contributed by atoms with Gasteiger partial charge in [0.1, 0.15) is 5.82 Å². The van der Waals surface area contributed by atoms with Crippen molar-refractivity contribution in [2.45, 2.75) is 26.2 Å². The Labute approximate surface area is 88.6 Å². The van der Waals surface area contributed by atoms with Crippen LogP contribution < -0.4 is 5.73 Å². The van der Waals surface area contributed by atoms with Crippen LogP contribution in [0.5, 0.6) is 0 Å². The molecule has 82 valence electrons. The van der Waals surface area contributed by atoms with Crippen molar-refractivity contribution in [2.24, 2.45) is 0 Å². The van der Waals surface area contributed by atoms with Crippen LogP contribution in [0.25, 0.3) is 0 Å². The molecule has 0 spiro atoms. The third kappa shape index (κ3) is 1.95. The molecule has 2 heterocycles. The van der Waals surface area contributed by atoms with Crippen LogP contribution in [-0.4, -0.2) is 34.1 Å². The zero-order valence-electron chi connectivity index (χ0n) is 8.92. The molecule has 15 heavy (non-hydrogen) atoms. The number of likely N-dealkylation sites (tertiary alicyclic amines) is 1. The van der Waals surface area contributed by atoms with Crippen LogP contribution in [0.4, 0.5) is 5.82 Å². The molecule has 0 atom stereocenters. The summed E-state index contributed by atoms with van der Waals surface area (Å²) < 4.78 is 0. The number of aryl methyl sites for hydroxylation is 1. The summed E-state index contributed by atoms with van der Waals surface area (Å²) in [6, 6.07) is 0. The normalized spacial score (nSPS) is 15.9. The maximum atomic E-state index is 11.8. The first-order valence-corrected chi connectivity index (χ1v) is 5.25. The fourth-order valence-corrected chi connectivity index (χ4v) is 1.92. The molecule has 1 aliphatic rings. The third-order valence-corrected chi connectivity index (χ3v) is 2.89. The molecule has 0 radical (unpaired) electrons. The topological polar surface area (TPSA) is 75.0 Å². The predicted octanol–water partition coefficient (Wildman–Crippen LogP) is 0.465. The highest BCUT2D eigenvalue weighted by Crippen LogP contribution is 2.16. The van der Waals surface area contributed by atoms with Crippen molar-refractivity contribution in [1.82, 2.24) is 15.1 Å². The van der Waals surface area contributed by atoms with Crippen LogP contribution >= 0.6 is 0 Å². The van der Waals surface area contributed by atoms with Crippen LogP contribution in [0.15, 0.2) is 0 Å². The Balaban J connectivity index is 2.05. The molecule has 1 saturated heterocycles. The van der Waals surface area contributed by atoms with Gasteiger partial charge in [-0.3, -0.25) is 9.89 Å². The number of hydrogen-bond acceptors (Lipinski definition) is 3. The molecule has 1 aliphatic heterocycles. The van der Waals surface area contributed by atoms with Crippen molar-refractivity contribution in [3.63, 3.8) is 0 Å². The quantitative estimate of drug-likeness (QED) is 0.741. The Morgan fingerprint density at radius 3 is 2.73 bits per heavy atom. The summed E-state index contributed by atoms with van der Waals surface area (Å²) in [5.41, 5.74) is 7.40. The minimum Gasteiger partial charge on any atom is -0.382 e. The number of aromatic nitrogens is 2. The summed E-state index contributed by atoms with van der Waals surface area (Å²) in [6.45, 7) is 3.65. The van der Waals surface area contributed by atoms with Gasteiger partial charge in [0.15, 0.2) is 0 Å². The average Bonchev–Trinajstić information content (AvgIpc) is 2.82. The van der Waals surface area contributed by atoms with Crippen LogP contribution in [0.1, 0.15) is 24.1 Å². The molecule has 1 aromatic rings. The smallest absolute Gasteiger partial charge is 0.227 e. The van der Waals surface area contributed by atoms with Crippen molar-refractivity contribution in [3.05, 3.63) is 11.3 Å². The summed E-state index contributed by atoms with van der Waals surface area (Å²) in [5, 5.41) is 6.66. The lowest BCUT2D eigenvalue weighted by atomic mass is 10.1. The van der Waals surface area contributed by atoms with Crippen LogP contribution in [0.2, 0.25) is 0 Å². The molecular weight excluding hydrogens is 192 g/mol. The number of hydrogen-bond donors (Lipinski definition) is 2. The lowest BCUT2D eigenvalue weighted by Gasteiger charge is -2.14. The van der Waals surface area contributed by atoms with E-state index in [2.05, 4.69) is 10.2 Å². The van der Waals surface area contributed by atoms with Crippen molar-refractivity contribution in [1.29, 1.82) is 0 Å². The van der Waals surface area contributed by atoms with Gasteiger partial charge in [-0.1, -0.05) is 0 Å². The summed E-state index contributed by atoms with van der Waals surface area (Å²) in [6.07, 6.45) is 2.60. The van der Waals surface area contributed by atoms with Gasteiger partial charge in [0.25, 0.3) is 0 Å². The number of anilines is 1. The molecule has 0 unspecified atom stereocenters. The molecule has 2 rings (SSSR count). The lowest BCUT2D eigenvalue weighted by molar-refractivity contribution is -0.129. The Bertz CT molecular complexity index is 346. The zero-order chi connectivity index (χ0) is 10.8. The number of nitrogens with one attached hydrogen (secondary N) is 1. The highest BCUT2D eigenvalue weighted by atomic mass is 16.2. The molecule has 0 bridgehead atoms. The Kier molecular flexibility index (Phi) is 2.62. The van der Waals surface area contributed by atoms with Gasteiger partial charge in [-0.15, -0.1) is 0 Å². The first kappa shape index (κ1) is 10.0. The highest BCUT2D eigenvalue weighted by molar-refractivity contribution is 5.80. The maximum absolute atomic E-state index is 11.8. The van der Waals surface area contributed by atoms with E-state index in [4.69, 9.17) is 5.73 Å². The molecule has 1 amide bonds. The number of rotatable bonds is 2. The SMILES string of the molecule is Cc1[nH]nc(N)c1CC(=O)N1CCCC1. The van der Waals surface area contributed by atoms with E-state index >= 15 is 0 Å². The molecule has 3 N–H and O–H groups in total. The number of nitrogens with zero attached hydrogens (tertiary/aromatic N) is 2. The molecule has 0 aromatic carbocycles. The molecule has 5 nitrogen and oxygen atoms in total. The van der Waals surface area contributed by atoms with Crippen LogP contribution in [-0.2, 0) is 11.2 Å². The Hall–Kier alpha value is -1.52. The van der Waals surface area contributed by atoms with E-state index in [-0.39, 0.29) is 5.91 Å². The molecule has 0 saturated carbocycles. The fraction of sp³-hybridized carbons (Fsp3) is 0.600. The predicted molar refractivity (Wildman–Crippen MR) is 57.3 cm³/mol. The monoisotopic (exact) mass is 208 g/mol. The fourth-order valence-electron chi connectivity index (χ4n) is 1.92. The largest absolute Gasteiger partial charge is 0.382 e. The first-order chi connectivity index (χ1) is 7.18. The van der Waals surface area contributed by atoms with Crippen LogP contribution in [0.3, 0.4) is 0 Å². The molecule has 1 aromatic heterocycles. The number of nitrogens with two attached hydrogens (primary N) is 1. The minimum absolute atomic E-state index is 0.156. The highest BCUT2D eigenvalue weighted by Gasteiger charge is 2.20. The van der Waals surface area contributed by atoms with Gasteiger partial charge in [0.05, 0.1) is 6.42 Å². The number of carbonyl (C=O) groups is 1. The Morgan fingerprint density at radius 1 is 1.53 bits per heavy atom. The van der Waals surface area contributed by atoms with Gasteiger partial charge < -0.3 is 10.6 Å². The van der Waals surface area contributed by atoms with Gasteiger partial charge in [0.2, 0.25) is 5.91 Å². The lowest BCUT2D eigenvalue weighted by Crippen LogP contribution is -2.29. The average molecular weight is 208 g/mol. The van der Waals surface area contributed by atoms with E-state index in [1.54, 1.807) is 0 Å². The standard InChI is InChI=1S/C10H16N4O/c1-7-8(10(11)13-12-7)6-9(15)14-4-2-3-5-14/h2-6H2,1H3,(H3,11,12,13). The van der Waals surface area contributed by atoms with Gasteiger partial charge in [-0.05, 0) is 19.8 Å². The summed E-state index contributed by atoms with van der Waals surface area (Å²) in [4.78, 5) is 13.7. The van der Waals surface area contributed by atoms with Gasteiger partial charge >= 0.3 is 0 Å². The van der Waals surface area contributed by atoms with E-state index in [1.165, 1.54) is 0 Å². The van der Waals surface area contributed by atoms with Crippen LogP contribution in [0, 0.1) is 6.92 Å². The van der Waals surface area contributed by atoms with E-state index in [0.29, 0.717) is 12.2 Å². The summed E-state index contributed by atoms with van der Waals surface area (Å²) in [7, 11) is 0. The first-order valence-electron chi connectivity index (χ1n) is 5.25. The van der Waals surface area contributed by atoms with Crippen molar-refractivity contribution < 1.29 is 4.79 Å². The van der Waals surface area contributed by atoms with Gasteiger partial charge in [-0.25, -0.2) is 0 Å². The third-order valence-electron chi connectivity index (χ3n) is 2.89. The number of carbonyl (C=O) groups excluding carboxylic acids is 1. The number of aromatic amines is 1. The number of nitrogen functional groups attached to an aromatic ring is 1. The molecule has 0 aliphatic carbocycles. The van der Waals surface area contributed by atoms with Crippen molar-refractivity contribution in [2.75, 3.05) is 18.8 Å². The number of amides is 1. The summed E-state index contributed by atoms with van der Waals surface area (Å²) >= 11 is 0. The maximum Gasteiger partial charge on any atom is 0.227 e. The minimum atomic E-state index is 0.156. The van der Waals surface area contributed by atoms with Crippen molar-refractivity contribution in [3.8, 4) is 0 Å². The summed E-state index contributed by atoms with van der Waals surface area (Å²) in [5.74, 6) is 0.601. The second-order valence-electron chi connectivity index (χ2n) is 3.98. The van der Waals surface area contributed by atoms with Gasteiger partial charge in [0, 0.05) is 24.3 Å².